The van der Waals surface area contributed by atoms with Gasteiger partial charge in [-0.25, -0.2) is 0 Å². The Labute approximate surface area is 263 Å². The number of Topliss-reactive ketones (excluding diaryl/α,β-unsaturated/α-hetero) is 2. The van der Waals surface area contributed by atoms with Gasteiger partial charge in [-0.2, -0.15) is 0 Å². The molecule has 7 rings (SSSR count). The van der Waals surface area contributed by atoms with Crippen LogP contribution in [0.5, 0.6) is 5.88 Å². The Morgan fingerprint density at radius 3 is 2.58 bits per heavy atom. The van der Waals surface area contributed by atoms with Gasteiger partial charge in [0.15, 0.2) is 17.3 Å². The number of hydrogen-bond donors (Lipinski definition) is 2. The zero-order chi connectivity index (χ0) is 31.6. The molecule has 45 heavy (non-hydrogen) atoms. The number of aromatic nitrogens is 2. The maximum atomic E-state index is 13.8. The summed E-state index contributed by atoms with van der Waals surface area (Å²) in [6.45, 7) is 4.35. The number of rotatable bonds is 8. The second-order valence-electron chi connectivity index (χ2n) is 14.4. The average Bonchev–Trinajstić information content (AvgIpc) is 3.50. The molecule has 8 nitrogen and oxygen atoms in total. The number of ketones is 3. The van der Waals surface area contributed by atoms with E-state index < -0.39 is 35.1 Å². The van der Waals surface area contributed by atoms with Gasteiger partial charge in [0, 0.05) is 11.8 Å². The maximum absolute atomic E-state index is 13.8. The van der Waals surface area contributed by atoms with E-state index in [2.05, 4.69) is 12.0 Å². The van der Waals surface area contributed by atoms with Gasteiger partial charge in [0.25, 0.3) is 0 Å². The molecule has 2 aromatic carbocycles. The van der Waals surface area contributed by atoms with Crippen LogP contribution >= 0.6 is 0 Å². The van der Waals surface area contributed by atoms with E-state index in [9.17, 15) is 24.6 Å². The molecule has 1 heterocycles. The minimum Gasteiger partial charge on any atom is -0.468 e. The van der Waals surface area contributed by atoms with Crippen LogP contribution in [0, 0.1) is 28.6 Å². The first kappa shape index (κ1) is 30.1. The quantitative estimate of drug-likeness (QED) is 0.336. The van der Waals surface area contributed by atoms with E-state index in [1.165, 1.54) is 0 Å². The van der Waals surface area contributed by atoms with Gasteiger partial charge in [-0.1, -0.05) is 61.9 Å². The number of ether oxygens (including phenoxy) is 1. The predicted octanol–water partition coefficient (Wildman–Crippen LogP) is 5.23. The fourth-order valence-corrected chi connectivity index (χ4v) is 9.76. The molecular weight excluding hydrogens is 568 g/mol. The van der Waals surface area contributed by atoms with Gasteiger partial charge >= 0.3 is 0 Å². The molecule has 7 atom stereocenters. The van der Waals surface area contributed by atoms with Crippen molar-refractivity contribution in [2.45, 2.75) is 83.5 Å². The zero-order valence-electron chi connectivity index (χ0n) is 26.1. The van der Waals surface area contributed by atoms with Crippen molar-refractivity contribution in [2.24, 2.45) is 28.6 Å². The Kier molecular flexibility index (Phi) is 7.36. The topological polar surface area (TPSA) is 119 Å². The largest absolute Gasteiger partial charge is 0.468 e. The SMILES string of the molecule is CC12CCC(=O)C=C1CCC1C2C(O)CC2(C)C1CCC2(O)C(=O)CC(=O)COc1nn(Cc2ccccc2)c2ccccc12. The van der Waals surface area contributed by atoms with Crippen molar-refractivity contribution in [2.75, 3.05) is 6.61 Å². The van der Waals surface area contributed by atoms with Crippen molar-refractivity contribution in [3.8, 4) is 5.88 Å². The summed E-state index contributed by atoms with van der Waals surface area (Å²) in [4.78, 5) is 39.1. The molecule has 1 aromatic heterocycles. The van der Waals surface area contributed by atoms with Crippen molar-refractivity contribution >= 4 is 28.3 Å². The van der Waals surface area contributed by atoms with Gasteiger partial charge in [-0.15, -0.1) is 5.10 Å². The van der Waals surface area contributed by atoms with E-state index in [4.69, 9.17) is 4.74 Å². The predicted molar refractivity (Wildman–Crippen MR) is 168 cm³/mol. The van der Waals surface area contributed by atoms with Crippen LogP contribution in [0.1, 0.15) is 70.8 Å². The number of allylic oxidation sites excluding steroid dienone is 1. The highest BCUT2D eigenvalue weighted by atomic mass is 16.5. The number of hydrogen-bond acceptors (Lipinski definition) is 7. The lowest BCUT2D eigenvalue weighted by Crippen LogP contribution is -2.61. The van der Waals surface area contributed by atoms with Crippen molar-refractivity contribution in [1.29, 1.82) is 0 Å². The van der Waals surface area contributed by atoms with Crippen LogP contribution < -0.4 is 4.74 Å². The van der Waals surface area contributed by atoms with Gasteiger partial charge in [-0.05, 0) is 85.5 Å². The average molecular weight is 611 g/mol. The summed E-state index contributed by atoms with van der Waals surface area (Å²) in [5.74, 6) is -0.206. The molecule has 0 saturated heterocycles. The highest BCUT2D eigenvalue weighted by molar-refractivity contribution is 6.04. The number of aliphatic hydroxyl groups is 2. The van der Waals surface area contributed by atoms with Gasteiger partial charge in [-0.3, -0.25) is 19.1 Å². The summed E-state index contributed by atoms with van der Waals surface area (Å²) < 4.78 is 7.74. The molecule has 0 radical (unpaired) electrons. The molecule has 8 heteroatoms. The molecule has 2 N–H and O–H groups in total. The first-order chi connectivity index (χ1) is 21.5. The van der Waals surface area contributed by atoms with Crippen LogP contribution in [-0.4, -0.2) is 55.7 Å². The summed E-state index contributed by atoms with van der Waals surface area (Å²) >= 11 is 0. The molecular formula is C37H42N2O6. The number of para-hydroxylation sites is 1. The first-order valence-corrected chi connectivity index (χ1v) is 16.3. The smallest absolute Gasteiger partial charge is 0.241 e. The second kappa shape index (κ2) is 11.0. The van der Waals surface area contributed by atoms with Crippen LogP contribution in [0.2, 0.25) is 0 Å². The number of carbonyl (C=O) groups excluding carboxylic acids is 3. The summed E-state index contributed by atoms with van der Waals surface area (Å²) in [5.41, 5.74) is 0.349. The molecule has 0 amide bonds. The van der Waals surface area contributed by atoms with Crippen molar-refractivity contribution in [3.63, 3.8) is 0 Å². The fraction of sp³-hybridized carbons (Fsp3) is 0.514. The van der Waals surface area contributed by atoms with Gasteiger partial charge < -0.3 is 14.9 Å². The standard InChI is InChI=1S/C37H42N2O6/c1-35-16-14-25(40)18-24(35)12-13-27-29-15-17-37(44,36(29,2)20-31(42)33(27)35)32(43)19-26(41)22-45-34-28-10-6-7-11-30(28)39(38-34)21-23-8-4-3-5-9-23/h3-11,18,27,29,31,33,42,44H,12-17,19-22H2,1-2H3. The number of aliphatic hydroxyl groups excluding tert-OH is 1. The molecule has 236 valence electrons. The number of benzene rings is 2. The molecule has 3 saturated carbocycles. The molecule has 0 spiro atoms. The van der Waals surface area contributed by atoms with Crippen LogP contribution in [0.4, 0.5) is 0 Å². The molecule has 4 aliphatic rings. The summed E-state index contributed by atoms with van der Waals surface area (Å²) in [6, 6.07) is 17.6. The third kappa shape index (κ3) is 4.79. The summed E-state index contributed by atoms with van der Waals surface area (Å²) in [5, 5.41) is 29.1. The van der Waals surface area contributed by atoms with E-state index in [0.717, 1.165) is 41.3 Å². The van der Waals surface area contributed by atoms with Crippen molar-refractivity contribution < 1.29 is 29.3 Å². The molecule has 3 fully saturated rings. The lowest BCUT2D eigenvalue weighted by atomic mass is 9.45. The zero-order valence-corrected chi connectivity index (χ0v) is 26.1. The fourth-order valence-electron chi connectivity index (χ4n) is 9.76. The monoisotopic (exact) mass is 610 g/mol. The van der Waals surface area contributed by atoms with Crippen LogP contribution in [0.3, 0.4) is 0 Å². The van der Waals surface area contributed by atoms with E-state index in [1.54, 1.807) is 6.08 Å². The lowest BCUT2D eigenvalue weighted by Gasteiger charge is -2.60. The van der Waals surface area contributed by atoms with Crippen molar-refractivity contribution in [1.82, 2.24) is 9.78 Å². The van der Waals surface area contributed by atoms with Gasteiger partial charge in [0.2, 0.25) is 5.88 Å². The minimum atomic E-state index is -1.69. The van der Waals surface area contributed by atoms with E-state index in [0.29, 0.717) is 31.7 Å². The third-order valence-electron chi connectivity index (χ3n) is 12.0. The molecule has 3 aromatic rings. The number of carbonyl (C=O) groups is 3. The Hall–Kier alpha value is -3.62. The molecule has 4 aliphatic carbocycles. The highest BCUT2D eigenvalue weighted by Crippen LogP contribution is 2.67. The molecule has 0 bridgehead atoms. The Balaban J connectivity index is 1.05. The minimum absolute atomic E-state index is 0.00678. The van der Waals surface area contributed by atoms with Gasteiger partial charge in [0.05, 0.1) is 30.0 Å². The summed E-state index contributed by atoms with van der Waals surface area (Å²) in [7, 11) is 0. The Bertz CT molecular complexity index is 1700. The highest BCUT2D eigenvalue weighted by Gasteiger charge is 2.68. The Morgan fingerprint density at radius 2 is 1.78 bits per heavy atom. The van der Waals surface area contributed by atoms with Crippen LogP contribution in [0.15, 0.2) is 66.2 Å². The number of nitrogens with zero attached hydrogens (tertiary/aromatic N) is 2. The van der Waals surface area contributed by atoms with E-state index in [-0.39, 0.29) is 42.0 Å². The summed E-state index contributed by atoms with van der Waals surface area (Å²) in [6.07, 6.45) is 4.79. The second-order valence-corrected chi connectivity index (χ2v) is 14.4. The molecule has 0 aliphatic heterocycles. The van der Waals surface area contributed by atoms with Crippen LogP contribution in [0.25, 0.3) is 10.9 Å². The lowest BCUT2D eigenvalue weighted by molar-refractivity contribution is -0.180. The number of fused-ring (bicyclic) bond motifs is 6. The molecule has 7 unspecified atom stereocenters. The third-order valence-corrected chi connectivity index (χ3v) is 12.0. The van der Waals surface area contributed by atoms with Crippen LogP contribution in [-0.2, 0) is 20.9 Å². The Morgan fingerprint density at radius 1 is 1.02 bits per heavy atom. The van der Waals surface area contributed by atoms with E-state index in [1.807, 2.05) is 66.2 Å². The van der Waals surface area contributed by atoms with Crippen molar-refractivity contribution in [3.05, 3.63) is 71.8 Å². The normalized spacial score (nSPS) is 34.0. The first-order valence-electron chi connectivity index (χ1n) is 16.3. The van der Waals surface area contributed by atoms with E-state index >= 15 is 0 Å². The maximum Gasteiger partial charge on any atom is 0.241 e. The van der Waals surface area contributed by atoms with Gasteiger partial charge in [0.1, 0.15) is 12.2 Å².